The number of ether oxygens (including phenoxy) is 1. The van der Waals surface area contributed by atoms with Crippen LogP contribution in [-0.4, -0.2) is 5.97 Å². The van der Waals surface area contributed by atoms with E-state index in [2.05, 4.69) is 0 Å². The molecule has 0 atom stereocenters. The highest BCUT2D eigenvalue weighted by molar-refractivity contribution is 5.67. The molecule has 0 unspecified atom stereocenters. The molecule has 3 heteroatoms. The zero-order valence-corrected chi connectivity index (χ0v) is 6.46. The van der Waals surface area contributed by atoms with Crippen molar-refractivity contribution in [1.29, 1.82) is 0 Å². The van der Waals surface area contributed by atoms with E-state index < -0.39 is 0 Å². The molecule has 0 fully saturated rings. The Kier molecular flexibility index (Phi) is 2.31. The first-order valence-electron chi connectivity index (χ1n) is 3.26. The lowest BCUT2D eigenvalue weighted by Crippen LogP contribution is -2.04. The fraction of sp³-hybridized carbons (Fsp3) is 0.250. The van der Waals surface area contributed by atoms with E-state index in [0.29, 0.717) is 11.9 Å². The minimum absolute atomic E-state index is 0.334. The van der Waals surface area contributed by atoms with E-state index in [1.807, 2.05) is 0 Å². The zero-order valence-electron chi connectivity index (χ0n) is 6.46. The van der Waals surface area contributed by atoms with Crippen molar-refractivity contribution >= 4 is 5.97 Å². The normalized spacial score (nSPS) is 10.1. The summed E-state index contributed by atoms with van der Waals surface area (Å²) in [5.41, 5.74) is 0. The highest BCUT2D eigenvalue weighted by Gasteiger charge is 2.11. The summed E-state index contributed by atoms with van der Waals surface area (Å²) in [6, 6.07) is 3.47. The first kappa shape index (κ1) is 7.85. The summed E-state index contributed by atoms with van der Waals surface area (Å²) in [5.74, 6) is 0.249. The number of carbonyl (C=O) groups excluding carboxylic acids is 1. The van der Waals surface area contributed by atoms with Gasteiger partial charge in [0.1, 0.15) is 0 Å². The largest absolute Gasteiger partial charge is 0.465 e. The van der Waals surface area contributed by atoms with Crippen LogP contribution >= 0.6 is 0 Å². The van der Waals surface area contributed by atoms with Crippen LogP contribution in [0, 0.1) is 6.10 Å². The van der Waals surface area contributed by atoms with Gasteiger partial charge in [0.2, 0.25) is 6.10 Å². The van der Waals surface area contributed by atoms with Crippen LogP contribution in [0.1, 0.15) is 19.6 Å². The predicted molar refractivity (Wildman–Crippen MR) is 38.5 cm³/mol. The van der Waals surface area contributed by atoms with Crippen molar-refractivity contribution < 1.29 is 13.9 Å². The van der Waals surface area contributed by atoms with Gasteiger partial charge in [-0.05, 0) is 19.1 Å². The quantitative estimate of drug-likeness (QED) is 0.607. The fourth-order valence-electron chi connectivity index (χ4n) is 0.745. The van der Waals surface area contributed by atoms with E-state index in [4.69, 9.17) is 9.15 Å². The second-order valence-electron chi connectivity index (χ2n) is 2.13. The lowest BCUT2D eigenvalue weighted by Gasteiger charge is -2.05. The molecule has 0 amide bonds. The summed E-state index contributed by atoms with van der Waals surface area (Å²) in [6.07, 6.45) is 2.02. The molecular formula is C8H9O3. The molecule has 11 heavy (non-hydrogen) atoms. The Labute approximate surface area is 65.0 Å². The maximum atomic E-state index is 10.5. The molecule has 0 aliphatic carbocycles. The monoisotopic (exact) mass is 153 g/mol. The van der Waals surface area contributed by atoms with E-state index in [1.54, 1.807) is 19.1 Å². The summed E-state index contributed by atoms with van der Waals surface area (Å²) in [6.45, 7) is 3.03. The summed E-state index contributed by atoms with van der Waals surface area (Å²) >= 11 is 0. The third kappa shape index (κ3) is 2.11. The topological polar surface area (TPSA) is 39.4 Å². The molecule has 3 nitrogen and oxygen atoms in total. The van der Waals surface area contributed by atoms with E-state index in [-0.39, 0.29) is 5.97 Å². The van der Waals surface area contributed by atoms with Crippen molar-refractivity contribution in [3.63, 3.8) is 0 Å². The van der Waals surface area contributed by atoms with Crippen LogP contribution in [0.15, 0.2) is 22.8 Å². The summed E-state index contributed by atoms with van der Waals surface area (Å²) < 4.78 is 9.76. The number of carbonyl (C=O) groups is 1. The van der Waals surface area contributed by atoms with Gasteiger partial charge in [-0.3, -0.25) is 4.79 Å². The third-order valence-electron chi connectivity index (χ3n) is 1.16. The standard InChI is InChI=1S/C8H9O3/c1-6(11-7(2)9)8-4-3-5-10-8/h3-5H,1-2H3. The molecule has 0 bridgehead atoms. The number of hydrogen-bond acceptors (Lipinski definition) is 3. The van der Waals surface area contributed by atoms with Crippen molar-refractivity contribution in [1.82, 2.24) is 0 Å². The van der Waals surface area contributed by atoms with Crippen molar-refractivity contribution in [3.8, 4) is 0 Å². The summed E-state index contributed by atoms with van der Waals surface area (Å²) in [7, 11) is 0. The van der Waals surface area contributed by atoms with Gasteiger partial charge in [-0.15, -0.1) is 0 Å². The highest BCUT2D eigenvalue weighted by atomic mass is 16.5. The predicted octanol–water partition coefficient (Wildman–Crippen LogP) is 1.74. The van der Waals surface area contributed by atoms with Gasteiger partial charge in [0, 0.05) is 6.92 Å². The molecule has 0 spiro atoms. The number of hydrogen-bond donors (Lipinski definition) is 0. The number of rotatable bonds is 2. The number of furan rings is 1. The van der Waals surface area contributed by atoms with Gasteiger partial charge >= 0.3 is 5.97 Å². The van der Waals surface area contributed by atoms with Crippen LogP contribution in [0.25, 0.3) is 0 Å². The minimum Gasteiger partial charge on any atom is -0.465 e. The van der Waals surface area contributed by atoms with Gasteiger partial charge in [-0.25, -0.2) is 0 Å². The van der Waals surface area contributed by atoms with Crippen LogP contribution < -0.4 is 0 Å². The van der Waals surface area contributed by atoms with E-state index in [1.165, 1.54) is 13.2 Å². The van der Waals surface area contributed by atoms with E-state index in [0.717, 1.165) is 0 Å². The van der Waals surface area contributed by atoms with Gasteiger partial charge in [0.15, 0.2) is 5.76 Å². The van der Waals surface area contributed by atoms with Gasteiger partial charge in [0.25, 0.3) is 0 Å². The fourth-order valence-corrected chi connectivity index (χ4v) is 0.745. The molecule has 1 aromatic heterocycles. The Morgan fingerprint density at radius 1 is 1.55 bits per heavy atom. The van der Waals surface area contributed by atoms with E-state index in [9.17, 15) is 4.79 Å². The molecule has 0 aliphatic rings. The van der Waals surface area contributed by atoms with Gasteiger partial charge in [0.05, 0.1) is 6.26 Å². The van der Waals surface area contributed by atoms with Crippen molar-refractivity contribution in [3.05, 3.63) is 30.3 Å². The summed E-state index contributed by atoms with van der Waals surface area (Å²) in [4.78, 5) is 10.5. The second kappa shape index (κ2) is 3.23. The molecule has 59 valence electrons. The van der Waals surface area contributed by atoms with Crippen LogP contribution in [-0.2, 0) is 9.53 Å². The SMILES string of the molecule is C[C](OC(C)=O)c1ccco1. The zero-order chi connectivity index (χ0) is 8.27. The molecule has 0 aliphatic heterocycles. The Bertz CT molecular complexity index is 225. The smallest absolute Gasteiger partial charge is 0.303 e. The van der Waals surface area contributed by atoms with Gasteiger partial charge in [-0.2, -0.15) is 0 Å². The van der Waals surface area contributed by atoms with Crippen molar-refractivity contribution in [2.24, 2.45) is 0 Å². The average molecular weight is 153 g/mol. The molecule has 1 rings (SSSR count). The van der Waals surface area contributed by atoms with Crippen molar-refractivity contribution in [2.45, 2.75) is 13.8 Å². The average Bonchev–Trinajstić information content (AvgIpc) is 2.35. The molecule has 0 aromatic carbocycles. The van der Waals surface area contributed by atoms with Crippen LogP contribution in [0.2, 0.25) is 0 Å². The minimum atomic E-state index is -0.334. The maximum absolute atomic E-state index is 10.5. The molecule has 1 radical (unpaired) electrons. The maximum Gasteiger partial charge on any atom is 0.303 e. The van der Waals surface area contributed by atoms with Crippen LogP contribution in [0.5, 0.6) is 0 Å². The molecule has 0 saturated carbocycles. The van der Waals surface area contributed by atoms with Crippen LogP contribution in [0.3, 0.4) is 0 Å². The van der Waals surface area contributed by atoms with Crippen LogP contribution in [0.4, 0.5) is 0 Å². The molecule has 1 aromatic rings. The summed E-state index contributed by atoms with van der Waals surface area (Å²) in [5, 5.41) is 0. The lowest BCUT2D eigenvalue weighted by atomic mass is 10.3. The molecule has 1 heterocycles. The third-order valence-corrected chi connectivity index (χ3v) is 1.16. The van der Waals surface area contributed by atoms with Gasteiger partial charge < -0.3 is 9.15 Å². The first-order valence-corrected chi connectivity index (χ1v) is 3.26. The van der Waals surface area contributed by atoms with Crippen molar-refractivity contribution in [2.75, 3.05) is 0 Å². The Hall–Kier alpha value is -1.25. The Balaban J connectivity index is 2.56. The molecule has 0 N–H and O–H groups in total. The molecular weight excluding hydrogens is 144 g/mol. The molecule has 0 saturated heterocycles. The van der Waals surface area contributed by atoms with E-state index >= 15 is 0 Å². The van der Waals surface area contributed by atoms with Gasteiger partial charge in [-0.1, -0.05) is 0 Å². The lowest BCUT2D eigenvalue weighted by molar-refractivity contribution is -0.139. The first-order chi connectivity index (χ1) is 5.20. The Morgan fingerprint density at radius 2 is 2.27 bits per heavy atom. The Morgan fingerprint density at radius 3 is 2.73 bits per heavy atom. The highest BCUT2D eigenvalue weighted by Crippen LogP contribution is 2.15. The number of esters is 1. The second-order valence-corrected chi connectivity index (χ2v) is 2.13.